The predicted molar refractivity (Wildman–Crippen MR) is 39.2 cm³/mol. The quantitative estimate of drug-likeness (QED) is 0.348. The van der Waals surface area contributed by atoms with Gasteiger partial charge in [0.15, 0.2) is 0 Å². The Balaban J connectivity index is 2.23. The average Bonchev–Trinajstić information content (AvgIpc) is 2.60. The second-order valence-electron chi connectivity index (χ2n) is 3.07. The van der Waals surface area contributed by atoms with Gasteiger partial charge in [0.25, 0.3) is 0 Å². The van der Waals surface area contributed by atoms with Gasteiger partial charge in [0.2, 0.25) is 6.04 Å². The molecule has 12 heavy (non-hydrogen) atoms. The van der Waals surface area contributed by atoms with E-state index in [1.807, 2.05) is 0 Å². The number of fused-ring (bicyclic) bond motifs is 2. The molecule has 0 aliphatic carbocycles. The lowest BCUT2D eigenvalue weighted by atomic mass is 9.90. The normalized spacial score (nSPS) is 43.8. The van der Waals surface area contributed by atoms with Crippen LogP contribution in [0.1, 0.15) is 0 Å². The number of hydrogen-bond acceptors (Lipinski definition) is 4. The number of nitro groups is 1. The lowest BCUT2D eigenvalue weighted by Gasteiger charge is -2.15. The number of ether oxygens (including phenoxy) is 1. The van der Waals surface area contributed by atoms with E-state index >= 15 is 0 Å². The van der Waals surface area contributed by atoms with Gasteiger partial charge in [0, 0.05) is 4.92 Å². The number of hydrogen-bond donors (Lipinski definition) is 1. The van der Waals surface area contributed by atoms with Crippen molar-refractivity contribution >= 4 is 0 Å². The van der Waals surface area contributed by atoms with Crippen molar-refractivity contribution in [3.05, 3.63) is 22.3 Å². The molecular formula is C7H9NO4. The van der Waals surface area contributed by atoms with Gasteiger partial charge in [0.05, 0.1) is 18.6 Å². The van der Waals surface area contributed by atoms with Gasteiger partial charge in [-0.25, -0.2) is 0 Å². The Morgan fingerprint density at radius 2 is 2.17 bits per heavy atom. The SMILES string of the molecule is O=[N+]([O-])C1C2C=CC(O2)C1CO. The predicted octanol–water partition coefficient (Wildman–Crippen LogP) is -0.423. The molecule has 5 nitrogen and oxygen atoms in total. The zero-order chi connectivity index (χ0) is 8.72. The second-order valence-corrected chi connectivity index (χ2v) is 3.07. The van der Waals surface area contributed by atoms with E-state index < -0.39 is 12.1 Å². The Bertz CT molecular complexity index is 240. The van der Waals surface area contributed by atoms with Crippen molar-refractivity contribution < 1.29 is 14.8 Å². The minimum Gasteiger partial charge on any atom is -0.396 e. The highest BCUT2D eigenvalue weighted by Gasteiger charge is 2.52. The molecule has 66 valence electrons. The largest absolute Gasteiger partial charge is 0.396 e. The maximum Gasteiger partial charge on any atom is 0.250 e. The van der Waals surface area contributed by atoms with Gasteiger partial charge in [-0.2, -0.15) is 0 Å². The molecule has 1 N–H and O–H groups in total. The summed E-state index contributed by atoms with van der Waals surface area (Å²) in [6, 6.07) is -0.759. The van der Waals surface area contributed by atoms with Crippen molar-refractivity contribution in [3.8, 4) is 0 Å². The van der Waals surface area contributed by atoms with E-state index in [0.29, 0.717) is 0 Å². The van der Waals surface area contributed by atoms with Crippen LogP contribution < -0.4 is 0 Å². The summed E-state index contributed by atoms with van der Waals surface area (Å²) in [7, 11) is 0. The first-order valence-electron chi connectivity index (χ1n) is 3.82. The smallest absolute Gasteiger partial charge is 0.250 e. The molecule has 0 radical (unpaired) electrons. The molecule has 2 bridgehead atoms. The van der Waals surface area contributed by atoms with Gasteiger partial charge in [-0.05, 0) is 0 Å². The minimum atomic E-state index is -0.759. The Morgan fingerprint density at radius 1 is 1.50 bits per heavy atom. The third-order valence-corrected chi connectivity index (χ3v) is 2.46. The van der Waals surface area contributed by atoms with Gasteiger partial charge in [-0.3, -0.25) is 10.1 Å². The van der Waals surface area contributed by atoms with Gasteiger partial charge in [0.1, 0.15) is 6.10 Å². The van der Waals surface area contributed by atoms with Crippen molar-refractivity contribution in [2.75, 3.05) is 6.61 Å². The highest BCUT2D eigenvalue weighted by molar-refractivity contribution is 5.15. The van der Waals surface area contributed by atoms with Crippen molar-refractivity contribution in [1.82, 2.24) is 0 Å². The Labute approximate surface area is 68.8 Å². The van der Waals surface area contributed by atoms with Crippen LogP contribution in [0.2, 0.25) is 0 Å². The van der Waals surface area contributed by atoms with Gasteiger partial charge in [-0.15, -0.1) is 0 Å². The van der Waals surface area contributed by atoms with E-state index in [9.17, 15) is 10.1 Å². The van der Waals surface area contributed by atoms with Crippen LogP contribution >= 0.6 is 0 Å². The number of rotatable bonds is 2. The molecular weight excluding hydrogens is 162 g/mol. The zero-order valence-corrected chi connectivity index (χ0v) is 6.29. The fraction of sp³-hybridized carbons (Fsp3) is 0.714. The molecule has 2 aliphatic heterocycles. The topological polar surface area (TPSA) is 72.6 Å². The summed E-state index contributed by atoms with van der Waals surface area (Å²) in [5.74, 6) is -0.366. The summed E-state index contributed by atoms with van der Waals surface area (Å²) < 4.78 is 5.24. The van der Waals surface area contributed by atoms with Crippen LogP contribution in [0.15, 0.2) is 12.2 Å². The molecule has 4 unspecified atom stereocenters. The lowest BCUT2D eigenvalue weighted by molar-refractivity contribution is -0.533. The maximum atomic E-state index is 10.5. The van der Waals surface area contributed by atoms with Crippen molar-refractivity contribution in [2.24, 2.45) is 5.92 Å². The molecule has 0 amide bonds. The first kappa shape index (κ1) is 7.70. The average molecular weight is 171 g/mol. The molecule has 2 aliphatic rings. The molecule has 0 spiro atoms. The summed E-state index contributed by atoms with van der Waals surface area (Å²) in [5.41, 5.74) is 0. The van der Waals surface area contributed by atoms with Crippen LogP contribution in [0, 0.1) is 16.0 Å². The zero-order valence-electron chi connectivity index (χ0n) is 6.29. The van der Waals surface area contributed by atoms with Crippen LogP contribution in [-0.4, -0.2) is 34.9 Å². The molecule has 0 aromatic rings. The number of aliphatic hydroxyl groups is 1. The monoisotopic (exact) mass is 171 g/mol. The van der Waals surface area contributed by atoms with E-state index in [2.05, 4.69) is 0 Å². The third kappa shape index (κ3) is 0.867. The third-order valence-electron chi connectivity index (χ3n) is 2.46. The molecule has 2 rings (SSSR count). The maximum absolute atomic E-state index is 10.5. The summed E-state index contributed by atoms with van der Waals surface area (Å²) in [4.78, 5) is 10.2. The molecule has 0 aromatic carbocycles. The first-order valence-corrected chi connectivity index (χ1v) is 3.82. The molecule has 1 saturated heterocycles. The Kier molecular flexibility index (Phi) is 1.62. The van der Waals surface area contributed by atoms with E-state index in [1.54, 1.807) is 12.2 Å². The summed E-state index contributed by atoms with van der Waals surface area (Å²) >= 11 is 0. The van der Waals surface area contributed by atoms with Crippen LogP contribution in [0.3, 0.4) is 0 Å². The number of nitrogens with zero attached hydrogens (tertiary/aromatic N) is 1. The molecule has 1 fully saturated rings. The Morgan fingerprint density at radius 3 is 2.67 bits per heavy atom. The molecule has 0 aromatic heterocycles. The van der Waals surface area contributed by atoms with Crippen LogP contribution in [0.25, 0.3) is 0 Å². The number of aliphatic hydroxyl groups excluding tert-OH is 1. The fourth-order valence-electron chi connectivity index (χ4n) is 1.86. The standard InChI is InChI=1S/C7H9NO4/c9-3-4-5-1-2-6(12-5)7(4)8(10)11/h1-2,4-7,9H,3H2. The molecule has 2 heterocycles. The highest BCUT2D eigenvalue weighted by Crippen LogP contribution is 2.35. The summed E-state index contributed by atoms with van der Waals surface area (Å²) in [5, 5.41) is 19.4. The second kappa shape index (κ2) is 2.53. The van der Waals surface area contributed by atoms with E-state index in [0.717, 1.165) is 0 Å². The first-order chi connectivity index (χ1) is 5.74. The van der Waals surface area contributed by atoms with Crippen LogP contribution in [-0.2, 0) is 4.74 Å². The van der Waals surface area contributed by atoms with E-state index in [-0.39, 0.29) is 23.6 Å². The molecule has 0 saturated carbocycles. The summed E-state index contributed by atoms with van der Waals surface area (Å²) in [6.07, 6.45) is 2.80. The van der Waals surface area contributed by atoms with Gasteiger partial charge < -0.3 is 9.84 Å². The van der Waals surface area contributed by atoms with Gasteiger partial charge in [-0.1, -0.05) is 12.2 Å². The highest BCUT2D eigenvalue weighted by atomic mass is 16.6. The fourth-order valence-corrected chi connectivity index (χ4v) is 1.86. The van der Waals surface area contributed by atoms with Crippen LogP contribution in [0.4, 0.5) is 0 Å². The van der Waals surface area contributed by atoms with Gasteiger partial charge >= 0.3 is 0 Å². The van der Waals surface area contributed by atoms with Crippen LogP contribution in [0.5, 0.6) is 0 Å². The minimum absolute atomic E-state index is 0.183. The van der Waals surface area contributed by atoms with E-state index in [1.165, 1.54) is 0 Å². The van der Waals surface area contributed by atoms with Crippen molar-refractivity contribution in [2.45, 2.75) is 18.2 Å². The van der Waals surface area contributed by atoms with Crippen molar-refractivity contribution in [1.29, 1.82) is 0 Å². The lowest BCUT2D eigenvalue weighted by Crippen LogP contribution is -2.38. The summed E-state index contributed by atoms with van der Waals surface area (Å²) in [6.45, 7) is -0.183. The van der Waals surface area contributed by atoms with Crippen molar-refractivity contribution in [3.63, 3.8) is 0 Å². The Hall–Kier alpha value is -0.940. The van der Waals surface area contributed by atoms with E-state index in [4.69, 9.17) is 9.84 Å². The molecule has 5 heteroatoms. The molecule has 4 atom stereocenters.